The fraction of sp³-hybridized carbons (Fsp3) is 0.692. The standard InChI is InChI=1S/C13H23N3O2S2/c1-14-10-12-9-13(19-11-12)20(17,18)15(2)7-8-16-5-3-4-6-16/h9,11,14H,3-8,10H2,1-2H3. The molecule has 0 bridgehead atoms. The summed E-state index contributed by atoms with van der Waals surface area (Å²) in [6.07, 6.45) is 2.46. The molecule has 7 heteroatoms. The summed E-state index contributed by atoms with van der Waals surface area (Å²) >= 11 is 1.30. The van der Waals surface area contributed by atoms with Gasteiger partial charge in [0.15, 0.2) is 0 Å². The van der Waals surface area contributed by atoms with Gasteiger partial charge < -0.3 is 10.2 Å². The van der Waals surface area contributed by atoms with Gasteiger partial charge in [0, 0.05) is 26.7 Å². The van der Waals surface area contributed by atoms with Gasteiger partial charge in [0.1, 0.15) is 4.21 Å². The maximum Gasteiger partial charge on any atom is 0.252 e. The first-order valence-corrected chi connectivity index (χ1v) is 9.26. The lowest BCUT2D eigenvalue weighted by atomic mass is 10.3. The molecule has 1 aromatic rings. The van der Waals surface area contributed by atoms with E-state index in [0.29, 0.717) is 17.3 Å². The molecule has 5 nitrogen and oxygen atoms in total. The number of nitrogens with one attached hydrogen (secondary N) is 1. The van der Waals surface area contributed by atoms with Gasteiger partial charge in [-0.1, -0.05) is 0 Å². The first kappa shape index (κ1) is 15.9. The minimum atomic E-state index is -3.33. The van der Waals surface area contributed by atoms with E-state index in [2.05, 4.69) is 10.2 Å². The summed E-state index contributed by atoms with van der Waals surface area (Å²) < 4.78 is 26.8. The van der Waals surface area contributed by atoms with Crippen molar-refractivity contribution in [3.8, 4) is 0 Å². The van der Waals surface area contributed by atoms with E-state index in [0.717, 1.165) is 25.2 Å². The molecular weight excluding hydrogens is 294 g/mol. The van der Waals surface area contributed by atoms with Crippen LogP contribution < -0.4 is 5.32 Å². The van der Waals surface area contributed by atoms with E-state index in [1.54, 1.807) is 13.1 Å². The molecule has 0 unspecified atom stereocenters. The van der Waals surface area contributed by atoms with E-state index in [4.69, 9.17) is 0 Å². The summed E-state index contributed by atoms with van der Waals surface area (Å²) in [4.78, 5) is 2.33. The van der Waals surface area contributed by atoms with Crippen LogP contribution in [0.3, 0.4) is 0 Å². The quantitative estimate of drug-likeness (QED) is 0.820. The minimum absolute atomic E-state index is 0.437. The van der Waals surface area contributed by atoms with Crippen molar-refractivity contribution < 1.29 is 8.42 Å². The van der Waals surface area contributed by atoms with Crippen LogP contribution in [0.15, 0.2) is 15.7 Å². The van der Waals surface area contributed by atoms with Gasteiger partial charge in [-0.25, -0.2) is 8.42 Å². The molecule has 1 aliphatic rings. The minimum Gasteiger partial charge on any atom is -0.316 e. The molecule has 0 spiro atoms. The number of rotatable bonds is 7. The molecule has 1 saturated heterocycles. The lowest BCUT2D eigenvalue weighted by molar-refractivity contribution is 0.310. The molecule has 1 fully saturated rings. The van der Waals surface area contributed by atoms with Crippen LogP contribution >= 0.6 is 11.3 Å². The first-order valence-electron chi connectivity index (χ1n) is 6.95. The average Bonchev–Trinajstić information content (AvgIpc) is 3.07. The summed E-state index contributed by atoms with van der Waals surface area (Å²) in [5.41, 5.74) is 1.02. The van der Waals surface area contributed by atoms with Crippen LogP contribution in [-0.2, 0) is 16.6 Å². The van der Waals surface area contributed by atoms with Gasteiger partial charge in [0.05, 0.1) is 0 Å². The van der Waals surface area contributed by atoms with Gasteiger partial charge in [0.25, 0.3) is 10.0 Å². The maximum atomic E-state index is 12.5. The Kier molecular flexibility index (Phi) is 5.57. The van der Waals surface area contributed by atoms with Crippen LogP contribution in [0.4, 0.5) is 0 Å². The molecule has 0 aliphatic carbocycles. The van der Waals surface area contributed by atoms with Crippen LogP contribution in [0.1, 0.15) is 18.4 Å². The second-order valence-corrected chi connectivity index (χ2v) is 8.36. The summed E-state index contributed by atoms with van der Waals surface area (Å²) in [5.74, 6) is 0. The zero-order valence-electron chi connectivity index (χ0n) is 12.1. The third-order valence-electron chi connectivity index (χ3n) is 3.60. The van der Waals surface area contributed by atoms with Crippen molar-refractivity contribution in [2.24, 2.45) is 0 Å². The Hall–Kier alpha value is -0.470. The van der Waals surface area contributed by atoms with Crippen molar-refractivity contribution in [3.05, 3.63) is 17.0 Å². The summed E-state index contributed by atoms with van der Waals surface area (Å²) in [5, 5.41) is 4.93. The summed E-state index contributed by atoms with van der Waals surface area (Å²) in [6.45, 7) is 4.27. The maximum absolute atomic E-state index is 12.5. The predicted molar refractivity (Wildman–Crippen MR) is 82.6 cm³/mol. The van der Waals surface area contributed by atoms with Crippen molar-refractivity contribution in [1.29, 1.82) is 0 Å². The van der Waals surface area contributed by atoms with Crippen molar-refractivity contribution >= 4 is 21.4 Å². The van der Waals surface area contributed by atoms with Crippen LogP contribution in [0.25, 0.3) is 0 Å². The number of hydrogen-bond acceptors (Lipinski definition) is 5. The Labute approximate surface area is 125 Å². The zero-order valence-corrected chi connectivity index (χ0v) is 13.8. The topological polar surface area (TPSA) is 52.7 Å². The largest absolute Gasteiger partial charge is 0.316 e. The highest BCUT2D eigenvalue weighted by molar-refractivity contribution is 7.91. The third-order valence-corrected chi connectivity index (χ3v) is 6.93. The van der Waals surface area contributed by atoms with Crippen LogP contribution in [-0.4, -0.2) is 57.9 Å². The van der Waals surface area contributed by atoms with Gasteiger partial charge in [-0.3, -0.25) is 0 Å². The van der Waals surface area contributed by atoms with E-state index in [1.807, 2.05) is 12.4 Å². The normalized spacial score (nSPS) is 17.1. The summed E-state index contributed by atoms with van der Waals surface area (Å²) in [6, 6.07) is 1.77. The second-order valence-electron chi connectivity index (χ2n) is 5.18. The van der Waals surface area contributed by atoms with Crippen LogP contribution in [0.2, 0.25) is 0 Å². The third kappa shape index (κ3) is 3.79. The number of likely N-dealkylation sites (tertiary alicyclic amines) is 1. The molecule has 0 aromatic carbocycles. The van der Waals surface area contributed by atoms with Gasteiger partial charge in [-0.15, -0.1) is 11.3 Å². The molecule has 2 heterocycles. The van der Waals surface area contributed by atoms with Crippen molar-refractivity contribution in [1.82, 2.24) is 14.5 Å². The molecule has 1 aliphatic heterocycles. The van der Waals surface area contributed by atoms with E-state index in [-0.39, 0.29) is 0 Å². The van der Waals surface area contributed by atoms with Crippen LogP contribution in [0.5, 0.6) is 0 Å². The van der Waals surface area contributed by atoms with E-state index in [9.17, 15) is 8.42 Å². The van der Waals surface area contributed by atoms with Gasteiger partial charge in [-0.2, -0.15) is 4.31 Å². The Morgan fingerprint density at radius 3 is 2.75 bits per heavy atom. The zero-order chi connectivity index (χ0) is 14.6. The smallest absolute Gasteiger partial charge is 0.252 e. The van der Waals surface area contributed by atoms with E-state index < -0.39 is 10.0 Å². The predicted octanol–water partition coefficient (Wildman–Crippen LogP) is 1.18. The Morgan fingerprint density at radius 1 is 1.40 bits per heavy atom. The number of sulfonamides is 1. The van der Waals surface area contributed by atoms with Crippen LogP contribution in [0, 0.1) is 0 Å². The van der Waals surface area contributed by atoms with Crippen molar-refractivity contribution in [2.75, 3.05) is 40.3 Å². The highest BCUT2D eigenvalue weighted by Crippen LogP contribution is 2.23. The number of hydrogen-bond donors (Lipinski definition) is 1. The molecular formula is C13H23N3O2S2. The molecule has 2 rings (SSSR count). The lowest BCUT2D eigenvalue weighted by Crippen LogP contribution is -2.34. The molecule has 0 amide bonds. The van der Waals surface area contributed by atoms with Crippen molar-refractivity contribution in [3.63, 3.8) is 0 Å². The number of thiophene rings is 1. The Morgan fingerprint density at radius 2 is 2.10 bits per heavy atom. The molecule has 1 aromatic heterocycles. The fourth-order valence-corrected chi connectivity index (χ4v) is 4.93. The van der Waals surface area contributed by atoms with Gasteiger partial charge in [-0.05, 0) is 50.0 Å². The lowest BCUT2D eigenvalue weighted by Gasteiger charge is -2.20. The Balaban J connectivity index is 1.96. The molecule has 1 N–H and O–H groups in total. The molecule has 114 valence electrons. The number of nitrogens with zero attached hydrogens (tertiary/aromatic N) is 2. The summed E-state index contributed by atoms with van der Waals surface area (Å²) in [7, 11) is 0.194. The molecule has 0 radical (unpaired) electrons. The SMILES string of the molecule is CNCc1csc(S(=O)(=O)N(C)CCN2CCCC2)c1. The van der Waals surface area contributed by atoms with Gasteiger partial charge in [0.2, 0.25) is 0 Å². The van der Waals surface area contributed by atoms with Gasteiger partial charge >= 0.3 is 0 Å². The average molecular weight is 317 g/mol. The molecule has 0 saturated carbocycles. The fourth-order valence-electron chi connectivity index (χ4n) is 2.35. The van der Waals surface area contributed by atoms with Crippen molar-refractivity contribution in [2.45, 2.75) is 23.6 Å². The second kappa shape index (κ2) is 7.00. The Bertz CT molecular complexity index is 521. The van der Waals surface area contributed by atoms with E-state index >= 15 is 0 Å². The van der Waals surface area contributed by atoms with E-state index in [1.165, 1.54) is 28.5 Å². The molecule has 0 atom stereocenters. The highest BCUT2D eigenvalue weighted by atomic mass is 32.2. The molecule has 20 heavy (non-hydrogen) atoms. The highest BCUT2D eigenvalue weighted by Gasteiger charge is 2.23. The number of likely N-dealkylation sites (N-methyl/N-ethyl adjacent to an activating group) is 1. The monoisotopic (exact) mass is 317 g/mol. The first-order chi connectivity index (χ1) is 9.54.